The van der Waals surface area contributed by atoms with E-state index >= 15 is 0 Å². The fraction of sp³-hybridized carbons (Fsp3) is 0.238. The van der Waals surface area contributed by atoms with Crippen molar-refractivity contribution < 1.29 is 23.1 Å². The summed E-state index contributed by atoms with van der Waals surface area (Å²) in [5.74, 6) is -0.190. The van der Waals surface area contributed by atoms with Crippen LogP contribution in [0.4, 0.5) is 4.39 Å². The third-order valence-electron chi connectivity index (χ3n) is 4.35. The Kier molecular flexibility index (Phi) is 5.63. The maximum Gasteiger partial charge on any atom is 0.336 e. The number of benzene rings is 2. The molecule has 0 bridgehead atoms. The van der Waals surface area contributed by atoms with E-state index in [1.54, 1.807) is 31.3 Å². The number of carbonyl (C=O) groups is 1. The van der Waals surface area contributed by atoms with Gasteiger partial charge in [0.15, 0.2) is 18.2 Å². The first-order chi connectivity index (χ1) is 13.4. The Hall–Kier alpha value is -3.35. The summed E-state index contributed by atoms with van der Waals surface area (Å²) in [7, 11) is 3.00. The summed E-state index contributed by atoms with van der Waals surface area (Å²) in [6.07, 6.45) is 0. The number of ether oxygens (including phenoxy) is 2. The van der Waals surface area contributed by atoms with Gasteiger partial charge in [0.25, 0.3) is 5.91 Å². The van der Waals surface area contributed by atoms with Crippen LogP contribution in [-0.4, -0.2) is 31.6 Å². The SMILES string of the molecule is COc1ccc(CN(C)C(=O)COc2ccc3c(C)cc(=O)oc3c2)cc1F. The zero-order valence-corrected chi connectivity index (χ0v) is 15.8. The second-order valence-corrected chi connectivity index (χ2v) is 6.41. The molecule has 0 aliphatic heterocycles. The lowest BCUT2D eigenvalue weighted by Crippen LogP contribution is -2.31. The maximum atomic E-state index is 13.8. The highest BCUT2D eigenvalue weighted by Crippen LogP contribution is 2.22. The van der Waals surface area contributed by atoms with Gasteiger partial charge in [-0.3, -0.25) is 4.79 Å². The lowest BCUT2D eigenvalue weighted by Gasteiger charge is -2.18. The fourth-order valence-electron chi connectivity index (χ4n) is 2.82. The van der Waals surface area contributed by atoms with Gasteiger partial charge in [0.1, 0.15) is 11.3 Å². The summed E-state index contributed by atoms with van der Waals surface area (Å²) in [5, 5.41) is 0.803. The molecule has 0 radical (unpaired) electrons. The summed E-state index contributed by atoms with van der Waals surface area (Å²) < 4.78 is 29.4. The molecule has 0 aliphatic rings. The van der Waals surface area contributed by atoms with Crippen molar-refractivity contribution in [1.82, 2.24) is 4.90 Å². The molecule has 28 heavy (non-hydrogen) atoms. The second-order valence-electron chi connectivity index (χ2n) is 6.41. The highest BCUT2D eigenvalue weighted by Gasteiger charge is 2.13. The third-order valence-corrected chi connectivity index (χ3v) is 4.35. The largest absolute Gasteiger partial charge is 0.494 e. The molecule has 3 rings (SSSR count). The third kappa shape index (κ3) is 4.31. The molecule has 0 saturated heterocycles. The number of likely N-dealkylation sites (N-methyl/N-ethyl adjacent to an activating group) is 1. The Bertz CT molecular complexity index is 1080. The predicted molar refractivity (Wildman–Crippen MR) is 102 cm³/mol. The Morgan fingerprint density at radius 2 is 1.96 bits per heavy atom. The van der Waals surface area contributed by atoms with Crippen LogP contribution in [0.1, 0.15) is 11.1 Å². The maximum absolute atomic E-state index is 13.8. The molecular formula is C21H20FNO5. The first-order valence-electron chi connectivity index (χ1n) is 8.61. The molecule has 0 atom stereocenters. The van der Waals surface area contributed by atoms with Crippen molar-refractivity contribution in [2.75, 3.05) is 20.8 Å². The van der Waals surface area contributed by atoms with Gasteiger partial charge >= 0.3 is 5.63 Å². The average molecular weight is 385 g/mol. The van der Waals surface area contributed by atoms with Crippen LogP contribution in [0.25, 0.3) is 11.0 Å². The van der Waals surface area contributed by atoms with E-state index in [9.17, 15) is 14.0 Å². The number of nitrogens with zero attached hydrogens (tertiary/aromatic N) is 1. The van der Waals surface area contributed by atoms with E-state index in [0.29, 0.717) is 16.9 Å². The van der Waals surface area contributed by atoms with Crippen LogP contribution in [0.3, 0.4) is 0 Å². The summed E-state index contributed by atoms with van der Waals surface area (Å²) >= 11 is 0. The van der Waals surface area contributed by atoms with Gasteiger partial charge in [-0.2, -0.15) is 0 Å². The topological polar surface area (TPSA) is 69.0 Å². The molecule has 0 aliphatic carbocycles. The Morgan fingerprint density at radius 3 is 2.68 bits per heavy atom. The van der Waals surface area contributed by atoms with Crippen molar-refractivity contribution in [2.24, 2.45) is 0 Å². The van der Waals surface area contributed by atoms with E-state index in [-0.39, 0.29) is 24.8 Å². The van der Waals surface area contributed by atoms with E-state index in [4.69, 9.17) is 13.9 Å². The highest BCUT2D eigenvalue weighted by atomic mass is 19.1. The molecule has 0 spiro atoms. The van der Waals surface area contributed by atoms with Crippen LogP contribution in [0, 0.1) is 12.7 Å². The zero-order valence-electron chi connectivity index (χ0n) is 15.8. The number of hydrogen-bond acceptors (Lipinski definition) is 5. The number of rotatable bonds is 6. The van der Waals surface area contributed by atoms with E-state index in [1.807, 2.05) is 6.92 Å². The Balaban J connectivity index is 1.64. The minimum absolute atomic E-state index is 0.152. The monoisotopic (exact) mass is 385 g/mol. The van der Waals surface area contributed by atoms with Crippen LogP contribution in [-0.2, 0) is 11.3 Å². The summed E-state index contributed by atoms with van der Waals surface area (Å²) in [6, 6.07) is 11.0. The molecule has 2 aromatic carbocycles. The van der Waals surface area contributed by atoms with Crippen LogP contribution in [0.15, 0.2) is 51.7 Å². The normalized spacial score (nSPS) is 10.7. The quantitative estimate of drug-likeness (QED) is 0.609. The Labute approximate surface area is 161 Å². The van der Waals surface area contributed by atoms with Crippen molar-refractivity contribution in [3.8, 4) is 11.5 Å². The van der Waals surface area contributed by atoms with Crippen LogP contribution < -0.4 is 15.1 Å². The van der Waals surface area contributed by atoms with Gasteiger partial charge in [0.2, 0.25) is 0 Å². The molecule has 6 nitrogen and oxygen atoms in total. The lowest BCUT2D eigenvalue weighted by molar-refractivity contribution is -0.132. The number of amides is 1. The first kappa shape index (κ1) is 19.4. The molecule has 0 N–H and O–H groups in total. The Morgan fingerprint density at radius 1 is 1.18 bits per heavy atom. The van der Waals surface area contributed by atoms with Crippen molar-refractivity contribution in [3.05, 3.63) is 69.8 Å². The minimum Gasteiger partial charge on any atom is -0.494 e. The number of carbonyl (C=O) groups excluding carboxylic acids is 1. The summed E-state index contributed by atoms with van der Waals surface area (Å²) in [6.45, 7) is 1.85. The van der Waals surface area contributed by atoms with Crippen molar-refractivity contribution in [2.45, 2.75) is 13.5 Å². The van der Waals surface area contributed by atoms with Crippen molar-refractivity contribution in [1.29, 1.82) is 0 Å². The number of hydrogen-bond donors (Lipinski definition) is 0. The number of fused-ring (bicyclic) bond motifs is 1. The lowest BCUT2D eigenvalue weighted by atomic mass is 10.1. The van der Waals surface area contributed by atoms with Crippen LogP contribution in [0.5, 0.6) is 11.5 Å². The molecule has 1 aromatic heterocycles. The van der Waals surface area contributed by atoms with Gasteiger partial charge in [-0.1, -0.05) is 6.07 Å². The van der Waals surface area contributed by atoms with Crippen LogP contribution >= 0.6 is 0 Å². The van der Waals surface area contributed by atoms with Gasteiger partial charge < -0.3 is 18.8 Å². The molecule has 0 fully saturated rings. The minimum atomic E-state index is -0.481. The smallest absolute Gasteiger partial charge is 0.336 e. The van der Waals surface area contributed by atoms with Gasteiger partial charge in [-0.25, -0.2) is 9.18 Å². The predicted octanol–water partition coefficient (Wildman–Crippen LogP) is 3.29. The molecule has 3 aromatic rings. The number of halogens is 1. The molecule has 7 heteroatoms. The molecule has 1 amide bonds. The van der Waals surface area contributed by atoms with Gasteiger partial charge in [-0.15, -0.1) is 0 Å². The second kappa shape index (κ2) is 8.12. The molecular weight excluding hydrogens is 365 g/mol. The van der Waals surface area contributed by atoms with Gasteiger partial charge in [-0.05, 0) is 42.3 Å². The highest BCUT2D eigenvalue weighted by molar-refractivity contribution is 5.81. The number of methoxy groups -OCH3 is 1. The molecule has 0 saturated carbocycles. The van der Waals surface area contributed by atoms with E-state index < -0.39 is 11.4 Å². The molecule has 146 valence electrons. The van der Waals surface area contributed by atoms with Gasteiger partial charge in [0.05, 0.1) is 7.11 Å². The van der Waals surface area contributed by atoms with E-state index in [1.165, 1.54) is 30.2 Å². The van der Waals surface area contributed by atoms with Crippen molar-refractivity contribution in [3.63, 3.8) is 0 Å². The first-order valence-corrected chi connectivity index (χ1v) is 8.61. The fourth-order valence-corrected chi connectivity index (χ4v) is 2.82. The number of aryl methyl sites for hydroxylation is 1. The van der Waals surface area contributed by atoms with Gasteiger partial charge in [0, 0.05) is 31.1 Å². The standard InChI is InChI=1S/C21H20FNO5/c1-13-8-21(25)28-19-10-15(5-6-16(13)19)27-12-20(24)23(2)11-14-4-7-18(26-3)17(22)9-14/h4-10H,11-12H2,1-3H3. The molecule has 0 unspecified atom stereocenters. The van der Waals surface area contributed by atoms with Crippen molar-refractivity contribution >= 4 is 16.9 Å². The van der Waals surface area contributed by atoms with Crippen LogP contribution in [0.2, 0.25) is 0 Å². The molecule has 1 heterocycles. The average Bonchev–Trinajstić information content (AvgIpc) is 2.65. The summed E-state index contributed by atoms with van der Waals surface area (Å²) in [5.41, 5.74) is 1.40. The van der Waals surface area contributed by atoms with E-state index in [0.717, 1.165) is 10.9 Å². The summed E-state index contributed by atoms with van der Waals surface area (Å²) in [4.78, 5) is 25.3. The van der Waals surface area contributed by atoms with E-state index in [2.05, 4.69) is 0 Å². The zero-order chi connectivity index (χ0) is 20.3.